The van der Waals surface area contributed by atoms with Crippen LogP contribution in [0.5, 0.6) is 0 Å². The number of hydrogen-bond acceptors (Lipinski definition) is 6. The molecule has 0 aliphatic heterocycles. The van der Waals surface area contributed by atoms with E-state index in [0.29, 0.717) is 11.1 Å². The summed E-state index contributed by atoms with van der Waals surface area (Å²) < 4.78 is 19.0. The lowest BCUT2D eigenvalue weighted by molar-refractivity contribution is -0.174. The molecule has 8 nitrogen and oxygen atoms in total. The Bertz CT molecular complexity index is 972. The van der Waals surface area contributed by atoms with Crippen molar-refractivity contribution in [2.45, 2.75) is 31.3 Å². The van der Waals surface area contributed by atoms with Crippen molar-refractivity contribution >= 4 is 23.9 Å². The predicted molar refractivity (Wildman–Crippen MR) is 101 cm³/mol. The van der Waals surface area contributed by atoms with Gasteiger partial charge in [-0.15, -0.1) is 0 Å². The lowest BCUT2D eigenvalue weighted by atomic mass is 9.95. The molecule has 0 spiro atoms. The van der Waals surface area contributed by atoms with E-state index in [2.05, 4.69) is 4.74 Å². The molecule has 158 valence electrons. The summed E-state index contributed by atoms with van der Waals surface area (Å²) in [5, 5.41) is 27.5. The quantitative estimate of drug-likeness (QED) is 0.439. The fourth-order valence-electron chi connectivity index (χ4n) is 2.73. The summed E-state index contributed by atoms with van der Waals surface area (Å²) in [6, 6.07) is 12.8. The molecule has 2 rings (SSSR count). The first-order chi connectivity index (χ1) is 14.0. The van der Waals surface area contributed by atoms with E-state index >= 15 is 0 Å². The third-order valence-electron chi connectivity index (χ3n) is 4.42. The van der Waals surface area contributed by atoms with Gasteiger partial charge in [0.25, 0.3) is 0 Å². The first-order valence-electron chi connectivity index (χ1n) is 8.80. The number of aliphatic hydroxyl groups is 1. The second-order valence-corrected chi connectivity index (χ2v) is 6.70. The van der Waals surface area contributed by atoms with Gasteiger partial charge in [-0.1, -0.05) is 42.5 Å². The van der Waals surface area contributed by atoms with Crippen LogP contribution < -0.4 is 0 Å². The molecule has 0 heterocycles. The lowest BCUT2D eigenvalue weighted by Gasteiger charge is -2.20. The third-order valence-corrected chi connectivity index (χ3v) is 4.42. The van der Waals surface area contributed by atoms with Gasteiger partial charge in [0.2, 0.25) is 0 Å². The highest BCUT2D eigenvalue weighted by atomic mass is 19.1. The highest BCUT2D eigenvalue weighted by molar-refractivity contribution is 5.93. The highest BCUT2D eigenvalue weighted by Crippen LogP contribution is 2.27. The van der Waals surface area contributed by atoms with Gasteiger partial charge in [-0.25, -0.2) is 9.18 Å². The van der Waals surface area contributed by atoms with E-state index in [1.807, 2.05) is 0 Å². The van der Waals surface area contributed by atoms with Crippen LogP contribution >= 0.6 is 0 Å². The Morgan fingerprint density at radius 3 is 2.20 bits per heavy atom. The number of esters is 2. The molecular formula is C21H19FO8. The molecule has 0 radical (unpaired) electrons. The molecular weight excluding hydrogens is 399 g/mol. The summed E-state index contributed by atoms with van der Waals surface area (Å²) in [4.78, 5) is 45.8. The second-order valence-electron chi connectivity index (χ2n) is 6.70. The summed E-state index contributed by atoms with van der Waals surface area (Å²) in [5.41, 5.74) is -1.76. The number of halogens is 1. The zero-order valence-corrected chi connectivity index (χ0v) is 15.9. The number of hydrogen-bond donors (Lipinski definition) is 3. The molecule has 9 heteroatoms. The average Bonchev–Trinajstić information content (AvgIpc) is 2.66. The number of aliphatic carboxylic acids is 2. The van der Waals surface area contributed by atoms with E-state index in [1.54, 1.807) is 30.3 Å². The van der Waals surface area contributed by atoms with Crippen LogP contribution in [0.1, 0.15) is 31.2 Å². The largest absolute Gasteiger partial charge is 0.481 e. The summed E-state index contributed by atoms with van der Waals surface area (Å²) in [7, 11) is 0. The Labute approximate surface area is 170 Å². The van der Waals surface area contributed by atoms with Crippen molar-refractivity contribution in [3.63, 3.8) is 0 Å². The fraction of sp³-hybridized carbons (Fsp3) is 0.238. The van der Waals surface area contributed by atoms with Crippen LogP contribution in [0.4, 0.5) is 4.39 Å². The highest BCUT2D eigenvalue weighted by Gasteiger charge is 2.42. The van der Waals surface area contributed by atoms with Gasteiger partial charge in [-0.3, -0.25) is 14.4 Å². The van der Waals surface area contributed by atoms with Gasteiger partial charge in [0.1, 0.15) is 5.82 Å². The minimum atomic E-state index is -2.92. The maximum atomic E-state index is 14.5. The maximum absolute atomic E-state index is 14.5. The third kappa shape index (κ3) is 5.48. The van der Waals surface area contributed by atoms with Crippen LogP contribution in [-0.2, 0) is 23.9 Å². The van der Waals surface area contributed by atoms with Gasteiger partial charge in [0.15, 0.2) is 5.60 Å². The molecule has 0 aliphatic carbocycles. The molecule has 0 amide bonds. The first-order valence-corrected chi connectivity index (χ1v) is 8.80. The van der Waals surface area contributed by atoms with Gasteiger partial charge >= 0.3 is 23.9 Å². The summed E-state index contributed by atoms with van der Waals surface area (Å²) in [5.74, 6) is -7.78. The average molecular weight is 418 g/mol. The number of benzene rings is 2. The molecule has 0 aliphatic rings. The van der Waals surface area contributed by atoms with Crippen LogP contribution in [0.2, 0.25) is 0 Å². The predicted octanol–water partition coefficient (Wildman–Crippen LogP) is 2.35. The Morgan fingerprint density at radius 2 is 1.67 bits per heavy atom. The van der Waals surface area contributed by atoms with Crippen LogP contribution in [0.25, 0.3) is 11.1 Å². The van der Waals surface area contributed by atoms with Crippen molar-refractivity contribution in [1.29, 1.82) is 0 Å². The van der Waals surface area contributed by atoms with Gasteiger partial charge in [-0.2, -0.15) is 0 Å². The van der Waals surface area contributed by atoms with Crippen LogP contribution in [0.15, 0.2) is 48.5 Å². The van der Waals surface area contributed by atoms with E-state index in [9.17, 15) is 28.7 Å². The molecule has 1 unspecified atom stereocenters. The minimum Gasteiger partial charge on any atom is -0.481 e. The van der Waals surface area contributed by atoms with Gasteiger partial charge in [-0.05, 0) is 24.1 Å². The molecule has 3 N–H and O–H groups in total. The van der Waals surface area contributed by atoms with Gasteiger partial charge in [0.05, 0.1) is 18.8 Å². The van der Waals surface area contributed by atoms with E-state index in [1.165, 1.54) is 19.1 Å². The van der Waals surface area contributed by atoms with E-state index in [-0.39, 0.29) is 5.56 Å². The first kappa shape index (κ1) is 22.7. The van der Waals surface area contributed by atoms with Crippen molar-refractivity contribution in [1.82, 2.24) is 0 Å². The Kier molecular flexibility index (Phi) is 7.01. The molecule has 0 saturated heterocycles. The van der Waals surface area contributed by atoms with Crippen molar-refractivity contribution in [3.8, 4) is 11.1 Å². The molecule has 30 heavy (non-hydrogen) atoms. The fourth-order valence-corrected chi connectivity index (χ4v) is 2.73. The molecule has 0 aromatic heterocycles. The number of carboxylic acids is 2. The van der Waals surface area contributed by atoms with E-state index < -0.39 is 54.1 Å². The molecule has 2 aromatic carbocycles. The summed E-state index contributed by atoms with van der Waals surface area (Å²) in [6.45, 7) is 1.35. The van der Waals surface area contributed by atoms with E-state index in [4.69, 9.17) is 10.2 Å². The molecule has 0 bridgehead atoms. The Hall–Kier alpha value is -3.59. The maximum Gasteiger partial charge on any atom is 0.336 e. The van der Waals surface area contributed by atoms with Crippen LogP contribution in [0.3, 0.4) is 0 Å². The number of carbonyl (C=O) groups is 4. The van der Waals surface area contributed by atoms with Crippen LogP contribution in [0, 0.1) is 5.82 Å². The van der Waals surface area contributed by atoms with E-state index in [0.717, 1.165) is 6.07 Å². The summed E-state index contributed by atoms with van der Waals surface area (Å²) in [6.07, 6.45) is -2.50. The normalized spacial score (nSPS) is 13.7. The standard InChI is InChI=1S/C21H19FO8/c1-12(14-7-8-15(16(22)9-14)13-5-3-2-4-6-13)19(26)30-18(25)11-21(29,20(27)28)10-17(23)24/h2-9,12,29H,10-11H2,1H3,(H,23,24)(H,27,28)/t12-,21?/m0/s1. The van der Waals surface area contributed by atoms with Gasteiger partial charge in [0, 0.05) is 5.56 Å². The second kappa shape index (κ2) is 9.27. The Morgan fingerprint density at radius 1 is 1.03 bits per heavy atom. The summed E-state index contributed by atoms with van der Waals surface area (Å²) >= 11 is 0. The number of ether oxygens (including phenoxy) is 1. The number of carbonyl (C=O) groups excluding carboxylic acids is 2. The van der Waals surface area contributed by atoms with Crippen molar-refractivity contribution in [3.05, 3.63) is 59.9 Å². The monoisotopic (exact) mass is 418 g/mol. The molecule has 0 fully saturated rings. The molecule has 2 atom stereocenters. The minimum absolute atomic E-state index is 0.212. The van der Waals surface area contributed by atoms with Crippen molar-refractivity contribution in [2.24, 2.45) is 0 Å². The number of carboxylic acid groups (broad SMARTS) is 2. The number of rotatable bonds is 8. The zero-order valence-electron chi connectivity index (χ0n) is 15.9. The van der Waals surface area contributed by atoms with Crippen LogP contribution in [-0.4, -0.2) is 44.8 Å². The topological polar surface area (TPSA) is 138 Å². The van der Waals surface area contributed by atoms with Crippen molar-refractivity contribution < 1.29 is 43.6 Å². The molecule has 2 aromatic rings. The zero-order chi connectivity index (χ0) is 22.5. The SMILES string of the molecule is C[C@H](C(=O)OC(=O)CC(O)(CC(=O)O)C(=O)O)c1ccc(-c2ccccc2)c(F)c1. The molecule has 0 saturated carbocycles. The van der Waals surface area contributed by atoms with Crippen molar-refractivity contribution in [2.75, 3.05) is 0 Å². The lowest BCUT2D eigenvalue weighted by Crippen LogP contribution is -2.43. The van der Waals surface area contributed by atoms with Gasteiger partial charge < -0.3 is 20.1 Å². The smallest absolute Gasteiger partial charge is 0.336 e. The Balaban J connectivity index is 2.10.